The number of Topliss-reactive ketones (excluding diaryl/α,β-unsaturated/α-hetero) is 2. The highest BCUT2D eigenvalue weighted by molar-refractivity contribution is 9.10. The zero-order chi connectivity index (χ0) is 23.8. The lowest BCUT2D eigenvalue weighted by atomic mass is 9.73. The molecule has 0 radical (unpaired) electrons. The largest absolute Gasteiger partial charge is 0.545 e. The fourth-order valence-corrected chi connectivity index (χ4v) is 5.28. The van der Waals surface area contributed by atoms with Gasteiger partial charge >= 0.3 is 0 Å². The van der Waals surface area contributed by atoms with E-state index in [1.54, 1.807) is 12.1 Å². The van der Waals surface area contributed by atoms with Crippen LogP contribution in [0.1, 0.15) is 65.9 Å². The number of hydrogen-bond acceptors (Lipinski definition) is 6. The highest BCUT2D eigenvalue weighted by atomic mass is 79.9. The van der Waals surface area contributed by atoms with Crippen molar-refractivity contribution >= 4 is 33.5 Å². The quantitative estimate of drug-likeness (QED) is 0.574. The first-order valence-corrected chi connectivity index (χ1v) is 12.1. The van der Waals surface area contributed by atoms with Crippen molar-refractivity contribution < 1.29 is 29.0 Å². The number of rotatable bonds is 5. The van der Waals surface area contributed by atoms with Crippen LogP contribution in [0.2, 0.25) is 0 Å². The predicted octanol–water partition coefficient (Wildman–Crippen LogP) is 4.52. The van der Waals surface area contributed by atoms with Gasteiger partial charge in [-0.15, -0.1) is 0 Å². The summed E-state index contributed by atoms with van der Waals surface area (Å²) in [6, 6.07) is 11.9. The molecule has 3 aliphatic rings. The van der Waals surface area contributed by atoms with E-state index in [0.717, 1.165) is 28.4 Å². The van der Waals surface area contributed by atoms with E-state index in [4.69, 9.17) is 9.47 Å². The fraction of sp³-hybridized carbons (Fsp3) is 0.296. The SMILES string of the molecule is O=C1CCCC2=C1C(c1cc(Br)ccc1OCc1ccc(C(=O)[O-])cc1)C1=C(CCCC1=O)O2. The second-order valence-electron chi connectivity index (χ2n) is 8.72. The normalized spacial score (nSPS) is 18.4. The molecule has 0 atom stereocenters. The minimum absolute atomic E-state index is 0.0139. The molecule has 0 aromatic heterocycles. The standard InChI is InChI=1S/C27H23BrO6/c28-17-11-12-21(33-14-15-7-9-16(10-8-15)27(31)32)18(13-17)24-25-19(29)3-1-5-22(25)34-23-6-2-4-20(30)26(23)24/h7-13,24H,1-6,14H2,(H,31,32)/p-1. The van der Waals surface area contributed by atoms with Crippen LogP contribution >= 0.6 is 15.9 Å². The molecular formula is C27H22BrO6-. The molecule has 0 saturated carbocycles. The molecule has 5 rings (SSSR count). The van der Waals surface area contributed by atoms with E-state index in [2.05, 4.69) is 15.9 Å². The second-order valence-corrected chi connectivity index (χ2v) is 9.63. The number of carbonyl (C=O) groups is 3. The predicted molar refractivity (Wildman–Crippen MR) is 125 cm³/mol. The third kappa shape index (κ3) is 4.20. The van der Waals surface area contributed by atoms with Gasteiger partial charge in [0.15, 0.2) is 11.6 Å². The summed E-state index contributed by atoms with van der Waals surface area (Å²) in [6.45, 7) is 0.199. The lowest BCUT2D eigenvalue weighted by Gasteiger charge is -2.36. The molecule has 0 spiro atoms. The zero-order valence-electron chi connectivity index (χ0n) is 18.4. The van der Waals surface area contributed by atoms with Gasteiger partial charge in [0, 0.05) is 46.9 Å². The van der Waals surface area contributed by atoms with Crippen LogP contribution in [0.4, 0.5) is 0 Å². The van der Waals surface area contributed by atoms with Gasteiger partial charge in [-0.3, -0.25) is 9.59 Å². The van der Waals surface area contributed by atoms with Crippen molar-refractivity contribution in [3.63, 3.8) is 0 Å². The molecule has 34 heavy (non-hydrogen) atoms. The first-order valence-electron chi connectivity index (χ1n) is 11.3. The van der Waals surface area contributed by atoms with Gasteiger partial charge in [-0.2, -0.15) is 0 Å². The van der Waals surface area contributed by atoms with Gasteiger partial charge in [0.2, 0.25) is 0 Å². The molecule has 2 aliphatic carbocycles. The van der Waals surface area contributed by atoms with Gasteiger partial charge in [0.1, 0.15) is 23.9 Å². The van der Waals surface area contributed by atoms with Crippen LogP contribution in [0.3, 0.4) is 0 Å². The first kappa shape index (κ1) is 22.6. The maximum atomic E-state index is 13.1. The van der Waals surface area contributed by atoms with Crippen LogP contribution in [0.25, 0.3) is 0 Å². The third-order valence-electron chi connectivity index (χ3n) is 6.51. The Bertz CT molecular complexity index is 1210. The van der Waals surface area contributed by atoms with Crippen LogP contribution in [-0.4, -0.2) is 17.5 Å². The van der Waals surface area contributed by atoms with E-state index >= 15 is 0 Å². The summed E-state index contributed by atoms with van der Waals surface area (Å²) in [5.74, 6) is 0.198. The van der Waals surface area contributed by atoms with Crippen molar-refractivity contribution in [1.29, 1.82) is 0 Å². The van der Waals surface area contributed by atoms with E-state index < -0.39 is 11.9 Å². The summed E-state index contributed by atoms with van der Waals surface area (Å²) in [5.41, 5.74) is 2.77. The Balaban J connectivity index is 1.55. The molecular weight excluding hydrogens is 500 g/mol. The van der Waals surface area contributed by atoms with Crippen molar-refractivity contribution in [1.82, 2.24) is 0 Å². The summed E-state index contributed by atoms with van der Waals surface area (Å²) < 4.78 is 13.1. The second kappa shape index (κ2) is 9.22. The van der Waals surface area contributed by atoms with Crippen molar-refractivity contribution in [2.75, 3.05) is 0 Å². The molecule has 174 valence electrons. The molecule has 2 aromatic carbocycles. The summed E-state index contributed by atoms with van der Waals surface area (Å²) in [7, 11) is 0. The molecule has 1 aliphatic heterocycles. The average molecular weight is 522 g/mol. The Kier molecular flexibility index (Phi) is 6.13. The maximum Gasteiger partial charge on any atom is 0.163 e. The molecule has 0 amide bonds. The number of halogens is 1. The van der Waals surface area contributed by atoms with Crippen molar-refractivity contribution in [3.8, 4) is 5.75 Å². The molecule has 1 heterocycles. The van der Waals surface area contributed by atoms with Crippen LogP contribution in [-0.2, 0) is 20.9 Å². The van der Waals surface area contributed by atoms with Gasteiger partial charge in [-0.25, -0.2) is 0 Å². The van der Waals surface area contributed by atoms with Gasteiger partial charge in [0.25, 0.3) is 0 Å². The minimum atomic E-state index is -1.23. The van der Waals surface area contributed by atoms with Crippen LogP contribution < -0.4 is 9.84 Å². The summed E-state index contributed by atoms with van der Waals surface area (Å²) in [4.78, 5) is 37.2. The van der Waals surface area contributed by atoms with E-state index in [1.807, 2.05) is 18.2 Å². The number of ether oxygens (including phenoxy) is 2. The Morgan fingerprint density at radius 2 is 1.56 bits per heavy atom. The minimum Gasteiger partial charge on any atom is -0.545 e. The van der Waals surface area contributed by atoms with Gasteiger partial charge in [-0.1, -0.05) is 40.2 Å². The van der Waals surface area contributed by atoms with Gasteiger partial charge < -0.3 is 19.4 Å². The number of aromatic carboxylic acids is 1. The Hall–Kier alpha value is -3.19. The average Bonchev–Trinajstić information content (AvgIpc) is 2.82. The third-order valence-corrected chi connectivity index (χ3v) is 7.00. The number of benzene rings is 2. The summed E-state index contributed by atoms with van der Waals surface area (Å²) in [5, 5.41) is 11.0. The van der Waals surface area contributed by atoms with E-state index in [-0.39, 0.29) is 23.7 Å². The smallest absolute Gasteiger partial charge is 0.163 e. The molecule has 0 fully saturated rings. The molecule has 0 saturated heterocycles. The van der Waals surface area contributed by atoms with Crippen molar-refractivity contribution in [3.05, 3.63) is 86.3 Å². The maximum absolute atomic E-state index is 13.1. The number of carbonyl (C=O) groups excluding carboxylic acids is 3. The Labute approximate surface area is 205 Å². The number of hydrogen-bond donors (Lipinski definition) is 0. The molecule has 7 heteroatoms. The van der Waals surface area contributed by atoms with Crippen LogP contribution in [0.5, 0.6) is 5.75 Å². The van der Waals surface area contributed by atoms with Gasteiger partial charge in [-0.05, 0) is 42.2 Å². The Morgan fingerprint density at radius 3 is 2.15 bits per heavy atom. The van der Waals surface area contributed by atoms with E-state index in [0.29, 0.717) is 54.1 Å². The topological polar surface area (TPSA) is 92.7 Å². The number of allylic oxidation sites excluding steroid dienone is 4. The van der Waals surface area contributed by atoms with E-state index in [1.165, 1.54) is 12.1 Å². The molecule has 0 bridgehead atoms. The van der Waals surface area contributed by atoms with Crippen molar-refractivity contribution in [2.45, 2.75) is 51.0 Å². The summed E-state index contributed by atoms with van der Waals surface area (Å²) in [6.07, 6.45) is 3.71. The van der Waals surface area contributed by atoms with E-state index in [9.17, 15) is 19.5 Å². The molecule has 0 N–H and O–H groups in total. The molecule has 0 unspecified atom stereocenters. The highest BCUT2D eigenvalue weighted by Crippen LogP contribution is 2.50. The molecule has 6 nitrogen and oxygen atoms in total. The molecule has 2 aromatic rings. The number of carboxylic acids is 1. The van der Waals surface area contributed by atoms with Crippen LogP contribution in [0, 0.1) is 0 Å². The van der Waals surface area contributed by atoms with Gasteiger partial charge in [0.05, 0.1) is 11.9 Å². The highest BCUT2D eigenvalue weighted by Gasteiger charge is 2.42. The van der Waals surface area contributed by atoms with Crippen LogP contribution in [0.15, 0.2) is 69.6 Å². The number of carboxylic acid groups (broad SMARTS) is 1. The summed E-state index contributed by atoms with van der Waals surface area (Å²) >= 11 is 3.54. The lowest BCUT2D eigenvalue weighted by Crippen LogP contribution is -2.30. The lowest BCUT2D eigenvalue weighted by molar-refractivity contribution is -0.255. The first-order chi connectivity index (χ1) is 16.4. The monoisotopic (exact) mass is 521 g/mol. The number of ketones is 2. The van der Waals surface area contributed by atoms with Crippen molar-refractivity contribution in [2.24, 2.45) is 0 Å². The fourth-order valence-electron chi connectivity index (χ4n) is 4.90. The Morgan fingerprint density at radius 1 is 0.941 bits per heavy atom. The zero-order valence-corrected chi connectivity index (χ0v) is 20.0.